The predicted octanol–water partition coefficient (Wildman–Crippen LogP) is 4.56. The van der Waals surface area contributed by atoms with Crippen molar-refractivity contribution in [3.8, 4) is 11.1 Å². The lowest BCUT2D eigenvalue weighted by atomic mass is 9.99. The van der Waals surface area contributed by atoms with Crippen LogP contribution in [0, 0.1) is 13.8 Å². The second kappa shape index (κ2) is 7.67. The van der Waals surface area contributed by atoms with Gasteiger partial charge in [-0.1, -0.05) is 23.8 Å². The van der Waals surface area contributed by atoms with Gasteiger partial charge in [0.15, 0.2) is 0 Å². The standard InChI is InChI=1S/C22H20N2O4S/c1-4-27-22(26)18-8-6-15(28-18)10-24-12-23-20-19(21(24)25)17(11-29-20)16-7-5-13(2)9-14(16)3/h5-9,11-12H,4,10H2,1-3H3. The summed E-state index contributed by atoms with van der Waals surface area (Å²) in [6.07, 6.45) is 1.51. The summed E-state index contributed by atoms with van der Waals surface area (Å²) in [7, 11) is 0. The summed E-state index contributed by atoms with van der Waals surface area (Å²) in [5.74, 6) is 0.0877. The molecule has 0 spiro atoms. The maximum Gasteiger partial charge on any atom is 0.374 e. The molecule has 148 valence electrons. The van der Waals surface area contributed by atoms with Crippen LogP contribution in [0.3, 0.4) is 0 Å². The Labute approximate surface area is 171 Å². The van der Waals surface area contributed by atoms with Gasteiger partial charge < -0.3 is 9.15 Å². The number of hydrogen-bond donors (Lipinski definition) is 0. The van der Waals surface area contributed by atoms with Gasteiger partial charge in [-0.25, -0.2) is 9.78 Å². The lowest BCUT2D eigenvalue weighted by molar-refractivity contribution is 0.0488. The van der Waals surface area contributed by atoms with Crippen molar-refractivity contribution >= 4 is 27.5 Å². The molecule has 6 nitrogen and oxygen atoms in total. The van der Waals surface area contributed by atoms with Gasteiger partial charge in [0, 0.05) is 10.9 Å². The Morgan fingerprint density at radius 2 is 2.03 bits per heavy atom. The zero-order chi connectivity index (χ0) is 20.5. The second-order valence-electron chi connectivity index (χ2n) is 6.81. The van der Waals surface area contributed by atoms with E-state index in [1.165, 1.54) is 27.8 Å². The topological polar surface area (TPSA) is 74.3 Å². The fourth-order valence-corrected chi connectivity index (χ4v) is 4.23. The van der Waals surface area contributed by atoms with Crippen molar-refractivity contribution in [2.24, 2.45) is 0 Å². The molecule has 0 saturated carbocycles. The molecule has 0 fully saturated rings. The number of rotatable bonds is 5. The third-order valence-corrected chi connectivity index (χ3v) is 5.58. The van der Waals surface area contributed by atoms with Gasteiger partial charge in [0.2, 0.25) is 5.76 Å². The highest BCUT2D eigenvalue weighted by Gasteiger charge is 2.17. The molecule has 0 bridgehead atoms. The average molecular weight is 408 g/mol. The van der Waals surface area contributed by atoms with Gasteiger partial charge in [0.1, 0.15) is 10.6 Å². The van der Waals surface area contributed by atoms with Crippen molar-refractivity contribution in [2.45, 2.75) is 27.3 Å². The number of hydrogen-bond acceptors (Lipinski definition) is 6. The van der Waals surface area contributed by atoms with E-state index < -0.39 is 5.97 Å². The van der Waals surface area contributed by atoms with E-state index in [1.807, 2.05) is 31.4 Å². The molecule has 7 heteroatoms. The number of nitrogens with zero attached hydrogens (tertiary/aromatic N) is 2. The first-order chi connectivity index (χ1) is 14.0. The SMILES string of the molecule is CCOC(=O)c1ccc(Cn2cnc3scc(-c4ccc(C)cc4C)c3c2=O)o1. The largest absolute Gasteiger partial charge is 0.460 e. The van der Waals surface area contributed by atoms with Gasteiger partial charge in [-0.3, -0.25) is 9.36 Å². The summed E-state index contributed by atoms with van der Waals surface area (Å²) >= 11 is 1.46. The number of aryl methyl sites for hydroxylation is 2. The minimum absolute atomic E-state index is 0.121. The van der Waals surface area contributed by atoms with Crippen LogP contribution in [0.1, 0.15) is 34.4 Å². The van der Waals surface area contributed by atoms with Crippen LogP contribution in [0.25, 0.3) is 21.3 Å². The Kier molecular flexibility index (Phi) is 5.07. The molecule has 1 aromatic carbocycles. The summed E-state index contributed by atoms with van der Waals surface area (Å²) in [5.41, 5.74) is 4.07. The van der Waals surface area contributed by atoms with E-state index in [2.05, 4.69) is 11.1 Å². The zero-order valence-electron chi connectivity index (χ0n) is 16.4. The Hall–Kier alpha value is -3.19. The van der Waals surface area contributed by atoms with Gasteiger partial charge >= 0.3 is 5.97 Å². The quantitative estimate of drug-likeness (QED) is 0.453. The number of carbonyl (C=O) groups excluding carboxylic acids is 1. The molecule has 0 aliphatic heterocycles. The summed E-state index contributed by atoms with van der Waals surface area (Å²) in [6, 6.07) is 9.41. The fourth-order valence-electron chi connectivity index (χ4n) is 3.34. The zero-order valence-corrected chi connectivity index (χ0v) is 17.2. The smallest absolute Gasteiger partial charge is 0.374 e. The van der Waals surface area contributed by atoms with Crippen molar-refractivity contribution in [1.29, 1.82) is 0 Å². The maximum absolute atomic E-state index is 13.2. The molecule has 0 atom stereocenters. The van der Waals surface area contributed by atoms with Crippen molar-refractivity contribution in [3.05, 3.63) is 75.0 Å². The van der Waals surface area contributed by atoms with E-state index in [-0.39, 0.29) is 24.5 Å². The number of benzene rings is 1. The van der Waals surface area contributed by atoms with E-state index in [0.29, 0.717) is 16.0 Å². The molecule has 0 aliphatic carbocycles. The summed E-state index contributed by atoms with van der Waals surface area (Å²) in [5, 5.41) is 2.58. The average Bonchev–Trinajstić information content (AvgIpc) is 3.32. The Balaban J connectivity index is 1.73. The highest BCUT2D eigenvalue weighted by molar-refractivity contribution is 7.17. The number of ether oxygens (including phenoxy) is 1. The molecule has 0 amide bonds. The Morgan fingerprint density at radius 1 is 1.21 bits per heavy atom. The van der Waals surface area contributed by atoms with Crippen molar-refractivity contribution < 1.29 is 13.9 Å². The van der Waals surface area contributed by atoms with E-state index in [1.54, 1.807) is 19.1 Å². The van der Waals surface area contributed by atoms with Crippen LogP contribution in [0.4, 0.5) is 0 Å². The van der Waals surface area contributed by atoms with Gasteiger partial charge in [0.05, 0.1) is 24.9 Å². The van der Waals surface area contributed by atoms with Crippen molar-refractivity contribution in [3.63, 3.8) is 0 Å². The second-order valence-corrected chi connectivity index (χ2v) is 7.67. The van der Waals surface area contributed by atoms with Crippen LogP contribution in [-0.4, -0.2) is 22.1 Å². The molecule has 29 heavy (non-hydrogen) atoms. The third kappa shape index (κ3) is 3.61. The van der Waals surface area contributed by atoms with Crippen LogP contribution in [-0.2, 0) is 11.3 Å². The lowest BCUT2D eigenvalue weighted by Gasteiger charge is -2.07. The summed E-state index contributed by atoms with van der Waals surface area (Å²) in [4.78, 5) is 30.1. The number of aromatic nitrogens is 2. The van der Waals surface area contributed by atoms with Crippen LogP contribution in [0.5, 0.6) is 0 Å². The fraction of sp³-hybridized carbons (Fsp3) is 0.227. The highest BCUT2D eigenvalue weighted by Crippen LogP contribution is 2.33. The normalized spacial score (nSPS) is 11.1. The first kappa shape index (κ1) is 19.1. The highest BCUT2D eigenvalue weighted by atomic mass is 32.1. The summed E-state index contributed by atoms with van der Waals surface area (Å²) in [6.45, 7) is 6.28. The predicted molar refractivity (Wildman–Crippen MR) is 113 cm³/mol. The van der Waals surface area contributed by atoms with Crippen molar-refractivity contribution in [1.82, 2.24) is 9.55 Å². The minimum Gasteiger partial charge on any atom is -0.460 e. The number of esters is 1. The molecule has 0 unspecified atom stereocenters. The van der Waals surface area contributed by atoms with Crippen LogP contribution in [0.2, 0.25) is 0 Å². The van der Waals surface area contributed by atoms with E-state index in [0.717, 1.165) is 16.7 Å². The van der Waals surface area contributed by atoms with Gasteiger partial charge in [-0.2, -0.15) is 0 Å². The van der Waals surface area contributed by atoms with Crippen LogP contribution >= 0.6 is 11.3 Å². The van der Waals surface area contributed by atoms with Crippen LogP contribution in [0.15, 0.2) is 51.3 Å². The lowest BCUT2D eigenvalue weighted by Crippen LogP contribution is -2.20. The van der Waals surface area contributed by atoms with E-state index >= 15 is 0 Å². The number of thiophene rings is 1. The molecule has 0 radical (unpaired) electrons. The summed E-state index contributed by atoms with van der Waals surface area (Å²) < 4.78 is 12.0. The van der Waals surface area contributed by atoms with Gasteiger partial charge in [-0.05, 0) is 44.0 Å². The first-order valence-corrected chi connectivity index (χ1v) is 10.2. The monoisotopic (exact) mass is 408 g/mol. The van der Waals surface area contributed by atoms with Crippen LogP contribution < -0.4 is 5.56 Å². The number of fused-ring (bicyclic) bond motifs is 1. The molecular formula is C22H20N2O4S. The van der Waals surface area contributed by atoms with E-state index in [9.17, 15) is 9.59 Å². The Bertz CT molecular complexity index is 1270. The third-order valence-electron chi connectivity index (χ3n) is 4.70. The number of carbonyl (C=O) groups is 1. The van der Waals surface area contributed by atoms with Gasteiger partial charge in [0.25, 0.3) is 5.56 Å². The molecule has 0 aliphatic rings. The van der Waals surface area contributed by atoms with Gasteiger partial charge in [-0.15, -0.1) is 11.3 Å². The maximum atomic E-state index is 13.2. The number of furan rings is 1. The van der Waals surface area contributed by atoms with E-state index in [4.69, 9.17) is 9.15 Å². The molecule has 0 N–H and O–H groups in total. The first-order valence-electron chi connectivity index (χ1n) is 9.28. The molecule has 3 heterocycles. The Morgan fingerprint density at radius 3 is 2.79 bits per heavy atom. The molecular weight excluding hydrogens is 388 g/mol. The molecule has 3 aromatic heterocycles. The molecule has 4 aromatic rings. The minimum atomic E-state index is -0.519. The molecule has 0 saturated heterocycles. The molecule has 4 rings (SSSR count). The van der Waals surface area contributed by atoms with Crippen molar-refractivity contribution in [2.75, 3.05) is 6.61 Å².